The molecule has 0 spiro atoms. The SMILES string of the molecule is F[C@@H]1CNCC[C@@H]1N1CCCC1. The fourth-order valence-electron chi connectivity index (χ4n) is 2.29. The van der Waals surface area contributed by atoms with Crippen LogP contribution in [0.3, 0.4) is 0 Å². The molecule has 2 heterocycles. The van der Waals surface area contributed by atoms with Gasteiger partial charge in [0.25, 0.3) is 0 Å². The molecule has 0 unspecified atom stereocenters. The van der Waals surface area contributed by atoms with Gasteiger partial charge in [-0.15, -0.1) is 0 Å². The van der Waals surface area contributed by atoms with Crippen molar-refractivity contribution >= 4 is 0 Å². The number of alkyl halides is 1. The van der Waals surface area contributed by atoms with Gasteiger partial charge in [0.05, 0.1) is 0 Å². The third-order valence-electron chi connectivity index (χ3n) is 2.98. The van der Waals surface area contributed by atoms with Gasteiger partial charge in [0.2, 0.25) is 0 Å². The maximum atomic E-state index is 13.4. The van der Waals surface area contributed by atoms with E-state index in [1.54, 1.807) is 0 Å². The van der Waals surface area contributed by atoms with Gasteiger partial charge in [0.1, 0.15) is 6.17 Å². The zero-order valence-corrected chi connectivity index (χ0v) is 7.43. The largest absolute Gasteiger partial charge is 0.314 e. The van der Waals surface area contributed by atoms with E-state index in [-0.39, 0.29) is 6.04 Å². The highest BCUT2D eigenvalue weighted by Gasteiger charge is 2.31. The van der Waals surface area contributed by atoms with Crippen molar-refractivity contribution in [1.82, 2.24) is 10.2 Å². The monoisotopic (exact) mass is 172 g/mol. The molecule has 0 aromatic heterocycles. The summed E-state index contributed by atoms with van der Waals surface area (Å²) in [6.45, 7) is 3.78. The molecule has 0 aromatic carbocycles. The van der Waals surface area contributed by atoms with Crippen LogP contribution in [-0.2, 0) is 0 Å². The number of nitrogens with zero attached hydrogens (tertiary/aromatic N) is 1. The molecule has 2 saturated heterocycles. The Morgan fingerprint density at radius 1 is 1.25 bits per heavy atom. The Bertz CT molecular complexity index is 145. The van der Waals surface area contributed by atoms with Gasteiger partial charge in [0.15, 0.2) is 0 Å². The molecule has 0 bridgehead atoms. The smallest absolute Gasteiger partial charge is 0.128 e. The van der Waals surface area contributed by atoms with Gasteiger partial charge in [-0.1, -0.05) is 0 Å². The first-order chi connectivity index (χ1) is 5.88. The molecule has 1 N–H and O–H groups in total. The third-order valence-corrected chi connectivity index (χ3v) is 2.98. The summed E-state index contributed by atoms with van der Waals surface area (Å²) >= 11 is 0. The molecular formula is C9H17FN2. The summed E-state index contributed by atoms with van der Waals surface area (Å²) in [5, 5.41) is 3.09. The summed E-state index contributed by atoms with van der Waals surface area (Å²) in [7, 11) is 0. The lowest BCUT2D eigenvalue weighted by Crippen LogP contribution is -2.50. The van der Waals surface area contributed by atoms with E-state index < -0.39 is 6.17 Å². The lowest BCUT2D eigenvalue weighted by atomic mass is 10.0. The highest BCUT2D eigenvalue weighted by atomic mass is 19.1. The fraction of sp³-hybridized carbons (Fsp3) is 1.00. The molecule has 0 saturated carbocycles. The van der Waals surface area contributed by atoms with E-state index >= 15 is 0 Å². The molecule has 2 aliphatic rings. The molecule has 2 rings (SSSR count). The summed E-state index contributed by atoms with van der Waals surface area (Å²) in [4.78, 5) is 2.32. The average molecular weight is 172 g/mol. The van der Waals surface area contributed by atoms with Crippen LogP contribution in [0, 0.1) is 0 Å². The van der Waals surface area contributed by atoms with Crippen LogP contribution in [0.1, 0.15) is 19.3 Å². The molecule has 0 aliphatic carbocycles. The number of likely N-dealkylation sites (tertiary alicyclic amines) is 1. The Balaban J connectivity index is 1.91. The second-order valence-corrected chi connectivity index (χ2v) is 3.82. The van der Waals surface area contributed by atoms with E-state index in [0.717, 1.165) is 26.1 Å². The summed E-state index contributed by atoms with van der Waals surface area (Å²) < 4.78 is 13.4. The van der Waals surface area contributed by atoms with E-state index in [2.05, 4.69) is 10.2 Å². The highest BCUT2D eigenvalue weighted by Crippen LogP contribution is 2.20. The van der Waals surface area contributed by atoms with E-state index in [1.165, 1.54) is 12.8 Å². The van der Waals surface area contributed by atoms with Crippen LogP contribution < -0.4 is 5.32 Å². The molecule has 3 heteroatoms. The van der Waals surface area contributed by atoms with Crippen LogP contribution >= 0.6 is 0 Å². The summed E-state index contributed by atoms with van der Waals surface area (Å²) in [5.74, 6) is 0. The number of piperidine rings is 1. The molecule has 0 amide bonds. The number of hydrogen-bond acceptors (Lipinski definition) is 2. The van der Waals surface area contributed by atoms with Gasteiger partial charge in [-0.05, 0) is 38.9 Å². The average Bonchev–Trinajstić information content (AvgIpc) is 2.57. The van der Waals surface area contributed by atoms with Gasteiger partial charge in [-0.25, -0.2) is 4.39 Å². The van der Waals surface area contributed by atoms with Gasteiger partial charge < -0.3 is 5.32 Å². The molecule has 2 atom stereocenters. The Kier molecular flexibility index (Phi) is 2.61. The third kappa shape index (κ3) is 1.62. The number of nitrogens with one attached hydrogen (secondary N) is 1. The quantitative estimate of drug-likeness (QED) is 0.629. The molecule has 70 valence electrons. The second-order valence-electron chi connectivity index (χ2n) is 3.82. The number of rotatable bonds is 1. The Morgan fingerprint density at radius 3 is 2.67 bits per heavy atom. The maximum absolute atomic E-state index is 13.4. The van der Waals surface area contributed by atoms with Crippen LogP contribution in [0.25, 0.3) is 0 Å². The van der Waals surface area contributed by atoms with Crippen molar-refractivity contribution in [2.75, 3.05) is 26.2 Å². The van der Waals surface area contributed by atoms with Gasteiger partial charge in [-0.3, -0.25) is 4.90 Å². The topological polar surface area (TPSA) is 15.3 Å². The minimum absolute atomic E-state index is 0.216. The zero-order chi connectivity index (χ0) is 8.39. The first-order valence-electron chi connectivity index (χ1n) is 4.97. The lowest BCUT2D eigenvalue weighted by molar-refractivity contribution is 0.104. The second kappa shape index (κ2) is 3.71. The fourth-order valence-corrected chi connectivity index (χ4v) is 2.29. The summed E-state index contributed by atoms with van der Waals surface area (Å²) in [5.41, 5.74) is 0. The van der Waals surface area contributed by atoms with Gasteiger partial charge in [0, 0.05) is 12.6 Å². The first kappa shape index (κ1) is 8.45. The molecule has 2 fully saturated rings. The van der Waals surface area contributed by atoms with E-state index in [1.807, 2.05) is 0 Å². The summed E-state index contributed by atoms with van der Waals surface area (Å²) in [6, 6.07) is 0.216. The van der Waals surface area contributed by atoms with E-state index in [0.29, 0.717) is 6.54 Å². The van der Waals surface area contributed by atoms with Crippen molar-refractivity contribution < 1.29 is 4.39 Å². The first-order valence-corrected chi connectivity index (χ1v) is 4.97. The molecule has 2 aliphatic heterocycles. The highest BCUT2D eigenvalue weighted by molar-refractivity contribution is 4.87. The molecule has 12 heavy (non-hydrogen) atoms. The van der Waals surface area contributed by atoms with Crippen molar-refractivity contribution in [2.45, 2.75) is 31.5 Å². The molecule has 2 nitrogen and oxygen atoms in total. The van der Waals surface area contributed by atoms with Crippen LogP contribution in [0.2, 0.25) is 0 Å². The van der Waals surface area contributed by atoms with Crippen LogP contribution in [-0.4, -0.2) is 43.3 Å². The molecular weight excluding hydrogens is 155 g/mol. The summed E-state index contributed by atoms with van der Waals surface area (Å²) in [6.07, 6.45) is 2.87. The van der Waals surface area contributed by atoms with Crippen molar-refractivity contribution in [1.29, 1.82) is 0 Å². The predicted molar refractivity (Wildman–Crippen MR) is 47.0 cm³/mol. The lowest BCUT2D eigenvalue weighted by Gasteiger charge is -2.33. The van der Waals surface area contributed by atoms with Gasteiger partial charge >= 0.3 is 0 Å². The van der Waals surface area contributed by atoms with Gasteiger partial charge in [-0.2, -0.15) is 0 Å². The van der Waals surface area contributed by atoms with Crippen LogP contribution in [0.15, 0.2) is 0 Å². The number of hydrogen-bond donors (Lipinski definition) is 1. The maximum Gasteiger partial charge on any atom is 0.128 e. The molecule has 0 aromatic rings. The van der Waals surface area contributed by atoms with Crippen LogP contribution in [0.4, 0.5) is 4.39 Å². The predicted octanol–water partition coefficient (Wildman–Crippen LogP) is 0.782. The standard InChI is InChI=1S/C9H17FN2/c10-8-7-11-4-3-9(8)12-5-1-2-6-12/h8-9,11H,1-7H2/t8-,9+/m1/s1. The van der Waals surface area contributed by atoms with E-state index in [4.69, 9.17) is 0 Å². The van der Waals surface area contributed by atoms with Crippen molar-refractivity contribution in [2.24, 2.45) is 0 Å². The van der Waals surface area contributed by atoms with Crippen molar-refractivity contribution in [3.05, 3.63) is 0 Å². The normalized spacial score (nSPS) is 38.8. The Hall–Kier alpha value is -0.150. The van der Waals surface area contributed by atoms with Crippen LogP contribution in [0.5, 0.6) is 0 Å². The van der Waals surface area contributed by atoms with E-state index in [9.17, 15) is 4.39 Å². The minimum Gasteiger partial charge on any atom is -0.314 e. The Morgan fingerprint density at radius 2 is 2.00 bits per heavy atom. The zero-order valence-electron chi connectivity index (χ0n) is 7.43. The molecule has 0 radical (unpaired) electrons. The minimum atomic E-state index is -0.642. The Labute approximate surface area is 73.1 Å². The van der Waals surface area contributed by atoms with Crippen molar-refractivity contribution in [3.8, 4) is 0 Å². The van der Waals surface area contributed by atoms with Crippen molar-refractivity contribution in [3.63, 3.8) is 0 Å². The number of halogens is 1.